The van der Waals surface area contributed by atoms with Crippen LogP contribution >= 0.6 is 0 Å². The van der Waals surface area contributed by atoms with Crippen LogP contribution in [0.25, 0.3) is 0 Å². The number of unbranched alkanes of at least 4 members (excludes halogenated alkanes) is 1. The van der Waals surface area contributed by atoms with Gasteiger partial charge in [0.2, 0.25) is 11.8 Å². The van der Waals surface area contributed by atoms with Gasteiger partial charge in [0.25, 0.3) is 5.91 Å². The summed E-state index contributed by atoms with van der Waals surface area (Å²) in [6.07, 6.45) is 4.42. The Balaban J connectivity index is 1.21. The fraction of sp³-hybridized carbons (Fsp3) is 0.514. The molecule has 0 aliphatic carbocycles. The lowest BCUT2D eigenvalue weighted by Gasteiger charge is -2.35. The van der Waals surface area contributed by atoms with E-state index in [0.29, 0.717) is 76.6 Å². The number of hydrogen-bond acceptors (Lipinski definition) is 7. The molecule has 4 rings (SSSR count). The summed E-state index contributed by atoms with van der Waals surface area (Å²) >= 11 is 0. The number of rotatable bonds is 10. The van der Waals surface area contributed by atoms with Gasteiger partial charge in [-0.3, -0.25) is 14.4 Å². The molecule has 1 aromatic carbocycles. The Kier molecular flexibility index (Phi) is 11.8. The molecule has 2 fully saturated rings. The molecule has 2 aliphatic heterocycles. The summed E-state index contributed by atoms with van der Waals surface area (Å²) in [4.78, 5) is 59.9. The van der Waals surface area contributed by atoms with Crippen LogP contribution < -0.4 is 10.6 Å². The Hall–Kier alpha value is -4.41. The van der Waals surface area contributed by atoms with E-state index in [4.69, 9.17) is 9.72 Å². The zero-order valence-corrected chi connectivity index (χ0v) is 27.6. The van der Waals surface area contributed by atoms with Crippen molar-refractivity contribution in [1.29, 1.82) is 0 Å². The summed E-state index contributed by atoms with van der Waals surface area (Å²) in [5.41, 5.74) is 2.94. The maximum atomic E-state index is 13.2. The quantitative estimate of drug-likeness (QED) is 0.279. The number of piperazine rings is 1. The Morgan fingerprint density at radius 3 is 2.20 bits per heavy atom. The molecule has 3 heterocycles. The molecule has 0 radical (unpaired) electrons. The molecule has 0 bridgehead atoms. The fourth-order valence-electron chi connectivity index (χ4n) is 5.66. The van der Waals surface area contributed by atoms with Crippen molar-refractivity contribution in [2.45, 2.75) is 71.3 Å². The van der Waals surface area contributed by atoms with Crippen molar-refractivity contribution < 1.29 is 23.9 Å². The molecule has 0 atom stereocenters. The highest BCUT2D eigenvalue weighted by Gasteiger charge is 2.26. The molecule has 4 amide bonds. The molecule has 0 saturated carbocycles. The number of alkyl carbamates (subject to hydrolysis) is 1. The van der Waals surface area contributed by atoms with Crippen molar-refractivity contribution in [1.82, 2.24) is 25.0 Å². The van der Waals surface area contributed by atoms with Gasteiger partial charge >= 0.3 is 6.09 Å². The van der Waals surface area contributed by atoms with Gasteiger partial charge in [0.15, 0.2) is 0 Å². The first kappa shape index (κ1) is 34.5. The summed E-state index contributed by atoms with van der Waals surface area (Å²) < 4.78 is 5.22. The van der Waals surface area contributed by atoms with E-state index in [0.717, 1.165) is 35.6 Å². The van der Waals surface area contributed by atoms with Crippen LogP contribution in [0.5, 0.6) is 0 Å². The van der Waals surface area contributed by atoms with Gasteiger partial charge in [-0.2, -0.15) is 0 Å². The molecule has 46 heavy (non-hydrogen) atoms. The van der Waals surface area contributed by atoms with Gasteiger partial charge in [-0.1, -0.05) is 12.6 Å². The third-order valence-electron chi connectivity index (χ3n) is 8.32. The van der Waals surface area contributed by atoms with Gasteiger partial charge in [0.1, 0.15) is 11.4 Å². The number of aromatic nitrogens is 1. The number of piperidine rings is 1. The molecule has 0 spiro atoms. The van der Waals surface area contributed by atoms with Crippen molar-refractivity contribution in [2.75, 3.05) is 51.1 Å². The van der Waals surface area contributed by atoms with Crippen molar-refractivity contribution in [3.05, 3.63) is 65.9 Å². The van der Waals surface area contributed by atoms with E-state index in [1.807, 2.05) is 61.8 Å². The number of benzene rings is 1. The summed E-state index contributed by atoms with van der Waals surface area (Å²) in [7, 11) is 0. The monoisotopic (exact) mass is 632 g/mol. The fourth-order valence-corrected chi connectivity index (χ4v) is 5.66. The number of anilines is 2. The summed E-state index contributed by atoms with van der Waals surface area (Å²) in [6, 6.07) is 11.5. The molecule has 2 saturated heterocycles. The molecular formula is C35H48N6O5. The standard InChI is InChI=1S/C35H48N6O5/c1-6-30(42)39-19-16-26(17-20-39)29-15-10-25(2)32(38-29)37-28-13-11-27(12-14-28)33(44)41-23-21-40(22-24-41)31(43)9-7-8-18-36-34(45)46-35(3,4)5/h6,10-15,26H,1,7-9,16-24H2,2-5H3,(H,36,45)(H,37,38). The van der Waals surface area contributed by atoms with E-state index in [2.05, 4.69) is 29.3 Å². The van der Waals surface area contributed by atoms with Crippen molar-refractivity contribution in [3.63, 3.8) is 0 Å². The third-order valence-corrected chi connectivity index (χ3v) is 8.32. The van der Waals surface area contributed by atoms with E-state index < -0.39 is 11.7 Å². The minimum atomic E-state index is -0.537. The third kappa shape index (κ3) is 9.79. The second-order valence-electron chi connectivity index (χ2n) is 13.0. The first-order chi connectivity index (χ1) is 21.9. The number of hydrogen-bond donors (Lipinski definition) is 2. The SMILES string of the molecule is C=CC(=O)N1CCC(c2ccc(C)c(Nc3ccc(C(=O)N4CCN(C(=O)CCCCNC(=O)OC(C)(C)C)CC4)cc3)n2)CC1. The lowest BCUT2D eigenvalue weighted by Crippen LogP contribution is -2.50. The number of amides is 4. The molecular weight excluding hydrogens is 584 g/mol. The van der Waals surface area contributed by atoms with Crippen LogP contribution in [-0.4, -0.2) is 94.9 Å². The molecule has 2 aliphatic rings. The Bertz CT molecular complexity index is 1390. The first-order valence-electron chi connectivity index (χ1n) is 16.2. The Labute approximate surface area is 272 Å². The number of aryl methyl sites for hydroxylation is 1. The van der Waals surface area contributed by atoms with Crippen LogP contribution in [0.4, 0.5) is 16.3 Å². The second kappa shape index (κ2) is 15.7. The molecule has 0 unspecified atom stereocenters. The lowest BCUT2D eigenvalue weighted by molar-refractivity contribution is -0.132. The average Bonchev–Trinajstić information content (AvgIpc) is 3.04. The highest BCUT2D eigenvalue weighted by atomic mass is 16.6. The number of nitrogens with one attached hydrogen (secondary N) is 2. The number of nitrogens with zero attached hydrogens (tertiary/aromatic N) is 4. The smallest absolute Gasteiger partial charge is 0.407 e. The van der Waals surface area contributed by atoms with Crippen LogP contribution in [0.3, 0.4) is 0 Å². The van der Waals surface area contributed by atoms with Gasteiger partial charge in [-0.15, -0.1) is 0 Å². The van der Waals surface area contributed by atoms with Gasteiger partial charge in [0, 0.05) is 75.1 Å². The molecule has 11 heteroatoms. The van der Waals surface area contributed by atoms with Crippen LogP contribution in [0.15, 0.2) is 49.1 Å². The lowest BCUT2D eigenvalue weighted by atomic mass is 9.92. The summed E-state index contributed by atoms with van der Waals surface area (Å²) in [6.45, 7) is 14.9. The highest BCUT2D eigenvalue weighted by molar-refractivity contribution is 5.95. The predicted octanol–water partition coefficient (Wildman–Crippen LogP) is 5.01. The second-order valence-corrected chi connectivity index (χ2v) is 13.0. The first-order valence-corrected chi connectivity index (χ1v) is 16.2. The summed E-state index contributed by atoms with van der Waals surface area (Å²) in [5, 5.41) is 6.12. The largest absolute Gasteiger partial charge is 0.444 e. The topological polar surface area (TPSA) is 124 Å². The van der Waals surface area contributed by atoms with E-state index in [-0.39, 0.29) is 17.7 Å². The van der Waals surface area contributed by atoms with Crippen LogP contribution in [-0.2, 0) is 14.3 Å². The van der Waals surface area contributed by atoms with Crippen molar-refractivity contribution in [2.24, 2.45) is 0 Å². The maximum absolute atomic E-state index is 13.2. The normalized spacial score (nSPS) is 15.7. The van der Waals surface area contributed by atoms with E-state index in [9.17, 15) is 19.2 Å². The zero-order valence-electron chi connectivity index (χ0n) is 27.6. The molecule has 2 aromatic rings. The number of carbonyl (C=O) groups excluding carboxylic acids is 4. The number of ether oxygens (including phenoxy) is 1. The zero-order chi connectivity index (χ0) is 33.3. The number of likely N-dealkylation sites (tertiary alicyclic amines) is 1. The van der Waals surface area contributed by atoms with Gasteiger partial charge in [0.05, 0.1) is 0 Å². The Morgan fingerprint density at radius 1 is 0.913 bits per heavy atom. The van der Waals surface area contributed by atoms with Crippen LogP contribution in [0.2, 0.25) is 0 Å². The van der Waals surface area contributed by atoms with Gasteiger partial charge in [-0.25, -0.2) is 9.78 Å². The Morgan fingerprint density at radius 2 is 1.57 bits per heavy atom. The predicted molar refractivity (Wildman–Crippen MR) is 178 cm³/mol. The van der Waals surface area contributed by atoms with Crippen LogP contribution in [0, 0.1) is 6.92 Å². The van der Waals surface area contributed by atoms with E-state index in [1.165, 1.54) is 6.08 Å². The minimum Gasteiger partial charge on any atom is -0.444 e. The molecule has 11 nitrogen and oxygen atoms in total. The van der Waals surface area contributed by atoms with E-state index >= 15 is 0 Å². The summed E-state index contributed by atoms with van der Waals surface area (Å²) in [5.74, 6) is 1.07. The van der Waals surface area contributed by atoms with Crippen molar-refractivity contribution >= 4 is 35.3 Å². The van der Waals surface area contributed by atoms with Crippen LogP contribution in [0.1, 0.15) is 80.4 Å². The number of pyridine rings is 1. The van der Waals surface area contributed by atoms with E-state index in [1.54, 1.807) is 4.90 Å². The molecule has 1 aromatic heterocycles. The van der Waals surface area contributed by atoms with Gasteiger partial charge < -0.3 is 30.1 Å². The molecule has 248 valence electrons. The average molecular weight is 633 g/mol. The minimum absolute atomic E-state index is 0.0217. The van der Waals surface area contributed by atoms with Crippen molar-refractivity contribution in [3.8, 4) is 0 Å². The highest BCUT2D eigenvalue weighted by Crippen LogP contribution is 2.29. The maximum Gasteiger partial charge on any atom is 0.407 e. The number of carbonyl (C=O) groups is 4. The molecule has 2 N–H and O–H groups in total. The van der Waals surface area contributed by atoms with Gasteiger partial charge in [-0.05, 0) is 95.3 Å².